The summed E-state index contributed by atoms with van der Waals surface area (Å²) in [4.78, 5) is 0. The normalized spacial score (nSPS) is 11.2. The smallest absolute Gasteiger partial charge is 0.385 e. The van der Waals surface area contributed by atoms with Gasteiger partial charge in [0.2, 0.25) is 0 Å². The Bertz CT molecular complexity index is 643. The number of nitrogens with zero attached hydrogens (tertiary/aromatic N) is 4. The molecule has 116 valence electrons. The number of hydrogen-bond acceptors (Lipinski definition) is 4. The molecule has 0 saturated heterocycles. The van der Waals surface area contributed by atoms with Gasteiger partial charge < -0.3 is 9.88 Å². The molecule has 0 atom stereocenters. The molecule has 0 fully saturated rings. The van der Waals surface area contributed by atoms with Crippen molar-refractivity contribution < 1.29 is 13.2 Å². The molecule has 0 aliphatic carbocycles. The van der Waals surface area contributed by atoms with E-state index >= 15 is 0 Å². The van der Waals surface area contributed by atoms with E-state index in [4.69, 9.17) is 5.26 Å². The summed E-state index contributed by atoms with van der Waals surface area (Å²) >= 11 is 0. The molecule has 1 N–H and O–H groups in total. The van der Waals surface area contributed by atoms with Gasteiger partial charge in [-0.25, -0.2) is 0 Å². The van der Waals surface area contributed by atoms with Gasteiger partial charge in [-0.1, -0.05) is 0 Å². The summed E-state index contributed by atoms with van der Waals surface area (Å²) in [6.07, 6.45) is 0.345. The molecule has 8 heteroatoms. The van der Waals surface area contributed by atoms with Gasteiger partial charge in [0.1, 0.15) is 12.7 Å². The van der Waals surface area contributed by atoms with E-state index < -0.39 is 11.7 Å². The third-order valence-corrected chi connectivity index (χ3v) is 3.08. The van der Waals surface area contributed by atoms with Crippen LogP contribution in [0.2, 0.25) is 0 Å². The number of nitriles is 1. The topological polar surface area (TPSA) is 66.5 Å². The first kappa shape index (κ1) is 15.8. The zero-order valence-corrected chi connectivity index (χ0v) is 11.6. The fraction of sp³-hybridized carbons (Fsp3) is 0.357. The van der Waals surface area contributed by atoms with Crippen LogP contribution >= 0.6 is 0 Å². The van der Waals surface area contributed by atoms with Crippen LogP contribution < -0.4 is 5.32 Å². The summed E-state index contributed by atoms with van der Waals surface area (Å²) in [5.41, 5.74) is -0.925. The van der Waals surface area contributed by atoms with Crippen molar-refractivity contribution in [2.75, 3.05) is 11.9 Å². The second-order valence-corrected chi connectivity index (χ2v) is 4.70. The Morgan fingerprint density at radius 1 is 1.18 bits per heavy atom. The van der Waals surface area contributed by atoms with E-state index in [2.05, 4.69) is 15.5 Å². The zero-order valence-electron chi connectivity index (χ0n) is 11.6. The number of hydrogen-bond donors (Lipinski definition) is 1. The van der Waals surface area contributed by atoms with Crippen LogP contribution in [0.25, 0.3) is 0 Å². The minimum atomic E-state index is -4.53. The van der Waals surface area contributed by atoms with Crippen molar-refractivity contribution in [1.29, 1.82) is 5.26 Å². The SMILES string of the molecule is N#Cc1ccc(NCCCCn2cnnc2)cc1C(F)(F)F. The van der Waals surface area contributed by atoms with E-state index in [1.807, 2.05) is 4.57 Å². The average molecular weight is 309 g/mol. The van der Waals surface area contributed by atoms with Gasteiger partial charge in [0.25, 0.3) is 0 Å². The number of anilines is 1. The first-order valence-corrected chi connectivity index (χ1v) is 6.68. The number of benzene rings is 1. The minimum Gasteiger partial charge on any atom is -0.385 e. The summed E-state index contributed by atoms with van der Waals surface area (Å²) in [7, 11) is 0. The maximum atomic E-state index is 12.8. The molecule has 2 aromatic rings. The van der Waals surface area contributed by atoms with Crippen LogP contribution in [0.3, 0.4) is 0 Å². The lowest BCUT2D eigenvalue weighted by Crippen LogP contribution is -2.10. The highest BCUT2D eigenvalue weighted by atomic mass is 19.4. The molecule has 0 spiro atoms. The number of aromatic nitrogens is 3. The Balaban J connectivity index is 1.86. The van der Waals surface area contributed by atoms with Crippen molar-refractivity contribution in [2.45, 2.75) is 25.6 Å². The molecule has 22 heavy (non-hydrogen) atoms. The fourth-order valence-electron chi connectivity index (χ4n) is 1.98. The maximum absolute atomic E-state index is 12.8. The number of alkyl halides is 3. The molecule has 0 aliphatic heterocycles. The third-order valence-electron chi connectivity index (χ3n) is 3.08. The quantitative estimate of drug-likeness (QED) is 0.833. The Labute approximate surface area is 125 Å². The molecule has 0 bridgehead atoms. The standard InChI is InChI=1S/C14H14F3N5/c15-14(16,17)13-7-12(4-3-11(13)8-18)19-5-1-2-6-22-9-20-21-10-22/h3-4,7,9-10,19H,1-2,5-6H2. The lowest BCUT2D eigenvalue weighted by Gasteiger charge is -2.12. The number of rotatable bonds is 6. The van der Waals surface area contributed by atoms with Crippen molar-refractivity contribution in [3.05, 3.63) is 42.0 Å². The van der Waals surface area contributed by atoms with Gasteiger partial charge >= 0.3 is 6.18 Å². The van der Waals surface area contributed by atoms with E-state index in [-0.39, 0.29) is 5.56 Å². The van der Waals surface area contributed by atoms with Gasteiger partial charge in [-0.3, -0.25) is 0 Å². The predicted molar refractivity (Wildman–Crippen MR) is 73.9 cm³/mol. The van der Waals surface area contributed by atoms with Crippen molar-refractivity contribution in [1.82, 2.24) is 14.8 Å². The molecule has 5 nitrogen and oxygen atoms in total. The molecule has 1 heterocycles. The highest BCUT2D eigenvalue weighted by Crippen LogP contribution is 2.33. The van der Waals surface area contributed by atoms with E-state index in [1.165, 1.54) is 12.1 Å². The molecular formula is C14H14F3N5. The molecule has 1 aromatic heterocycles. The molecule has 0 radical (unpaired) electrons. The Hall–Kier alpha value is -2.56. The number of nitrogens with one attached hydrogen (secondary N) is 1. The van der Waals surface area contributed by atoms with Crippen molar-refractivity contribution in [2.24, 2.45) is 0 Å². The lowest BCUT2D eigenvalue weighted by molar-refractivity contribution is -0.137. The molecule has 1 aromatic carbocycles. The molecule has 2 rings (SSSR count). The first-order valence-electron chi connectivity index (χ1n) is 6.68. The van der Waals surface area contributed by atoms with E-state index in [0.717, 1.165) is 25.5 Å². The summed E-state index contributed by atoms with van der Waals surface area (Å²) < 4.78 is 40.3. The van der Waals surface area contributed by atoms with Gasteiger partial charge in [0.15, 0.2) is 0 Å². The van der Waals surface area contributed by atoms with Crippen LogP contribution in [0.4, 0.5) is 18.9 Å². The van der Waals surface area contributed by atoms with Crippen LogP contribution in [0.5, 0.6) is 0 Å². The van der Waals surface area contributed by atoms with Crippen molar-refractivity contribution in [3.8, 4) is 6.07 Å². The Morgan fingerprint density at radius 3 is 2.55 bits per heavy atom. The summed E-state index contributed by atoms with van der Waals surface area (Å²) in [6, 6.07) is 5.19. The highest BCUT2D eigenvalue weighted by Gasteiger charge is 2.33. The summed E-state index contributed by atoms with van der Waals surface area (Å²) in [6.45, 7) is 1.31. The highest BCUT2D eigenvalue weighted by molar-refractivity contribution is 5.53. The minimum absolute atomic E-state index is 0.357. The second kappa shape index (κ2) is 6.93. The van der Waals surface area contributed by atoms with Crippen LogP contribution in [0, 0.1) is 11.3 Å². The van der Waals surface area contributed by atoms with Crippen LogP contribution in [0.15, 0.2) is 30.9 Å². The van der Waals surface area contributed by atoms with Crippen LogP contribution in [-0.2, 0) is 12.7 Å². The maximum Gasteiger partial charge on any atom is 0.417 e. The average Bonchev–Trinajstić information content (AvgIpc) is 2.99. The number of aryl methyl sites for hydroxylation is 1. The van der Waals surface area contributed by atoms with Gasteiger partial charge in [-0.05, 0) is 31.0 Å². The lowest BCUT2D eigenvalue weighted by atomic mass is 10.1. The zero-order chi connectivity index (χ0) is 16.0. The Morgan fingerprint density at radius 2 is 1.91 bits per heavy atom. The number of halogens is 3. The molecule has 0 aliphatic rings. The number of unbranched alkanes of at least 4 members (excludes halogenated alkanes) is 1. The molecule has 0 saturated carbocycles. The molecule has 0 unspecified atom stereocenters. The monoisotopic (exact) mass is 309 g/mol. The molecular weight excluding hydrogens is 295 g/mol. The largest absolute Gasteiger partial charge is 0.417 e. The third kappa shape index (κ3) is 4.22. The first-order chi connectivity index (χ1) is 10.5. The van der Waals surface area contributed by atoms with Gasteiger partial charge in [0, 0.05) is 18.8 Å². The fourth-order valence-corrected chi connectivity index (χ4v) is 1.98. The van der Waals surface area contributed by atoms with Crippen molar-refractivity contribution >= 4 is 5.69 Å². The molecule has 0 amide bonds. The summed E-state index contributed by atoms with van der Waals surface area (Å²) in [5, 5.41) is 19.0. The van der Waals surface area contributed by atoms with Gasteiger partial charge in [0.05, 0.1) is 17.2 Å². The van der Waals surface area contributed by atoms with Gasteiger partial charge in [-0.2, -0.15) is 18.4 Å². The van der Waals surface area contributed by atoms with Crippen LogP contribution in [0.1, 0.15) is 24.0 Å². The van der Waals surface area contributed by atoms with E-state index in [0.29, 0.717) is 12.2 Å². The van der Waals surface area contributed by atoms with E-state index in [9.17, 15) is 13.2 Å². The second-order valence-electron chi connectivity index (χ2n) is 4.70. The van der Waals surface area contributed by atoms with Gasteiger partial charge in [-0.15, -0.1) is 10.2 Å². The van der Waals surface area contributed by atoms with E-state index in [1.54, 1.807) is 18.7 Å². The van der Waals surface area contributed by atoms with Crippen molar-refractivity contribution in [3.63, 3.8) is 0 Å². The summed E-state index contributed by atoms with van der Waals surface area (Å²) in [5.74, 6) is 0. The van der Waals surface area contributed by atoms with Crippen LogP contribution in [-0.4, -0.2) is 21.3 Å². The predicted octanol–water partition coefficient (Wildman–Crippen LogP) is 3.06. The Kier molecular flexibility index (Phi) is 4.99.